The fourth-order valence-corrected chi connectivity index (χ4v) is 2.08. The Hall–Kier alpha value is -1.30. The number of rotatable bonds is 3. The van der Waals surface area contributed by atoms with E-state index in [0.717, 1.165) is 0 Å². The molecule has 1 aromatic rings. The topological polar surface area (TPSA) is 70.6 Å². The summed E-state index contributed by atoms with van der Waals surface area (Å²) in [4.78, 5) is 11.9. The highest BCUT2D eigenvalue weighted by molar-refractivity contribution is 6.32. The molecule has 1 aliphatic rings. The first-order valence-electron chi connectivity index (χ1n) is 5.66. The van der Waals surface area contributed by atoms with Gasteiger partial charge in [-0.15, -0.1) is 0 Å². The van der Waals surface area contributed by atoms with E-state index in [9.17, 15) is 9.90 Å². The van der Waals surface area contributed by atoms with E-state index in [-0.39, 0.29) is 11.9 Å². The van der Waals surface area contributed by atoms with Gasteiger partial charge in [0.05, 0.1) is 24.3 Å². The number of ether oxygens (including phenoxy) is 1. The molecular formula is C12H15ClN2O3. The van der Waals surface area contributed by atoms with Crippen LogP contribution in [0, 0.1) is 0 Å². The predicted octanol–water partition coefficient (Wildman–Crippen LogP) is 1.01. The van der Waals surface area contributed by atoms with Crippen molar-refractivity contribution in [2.24, 2.45) is 0 Å². The largest absolute Gasteiger partial charge is 0.495 e. The van der Waals surface area contributed by atoms with Crippen molar-refractivity contribution in [2.45, 2.75) is 18.6 Å². The lowest BCUT2D eigenvalue weighted by molar-refractivity contribution is -0.117. The van der Waals surface area contributed by atoms with Gasteiger partial charge in [-0.1, -0.05) is 11.6 Å². The molecule has 1 heterocycles. The van der Waals surface area contributed by atoms with Crippen LogP contribution >= 0.6 is 11.6 Å². The molecule has 0 aliphatic carbocycles. The van der Waals surface area contributed by atoms with E-state index < -0.39 is 6.10 Å². The van der Waals surface area contributed by atoms with Crippen LogP contribution in [0.3, 0.4) is 0 Å². The van der Waals surface area contributed by atoms with Crippen molar-refractivity contribution in [1.29, 1.82) is 0 Å². The van der Waals surface area contributed by atoms with Crippen molar-refractivity contribution >= 4 is 23.2 Å². The Bertz CT molecular complexity index is 453. The van der Waals surface area contributed by atoms with Crippen LogP contribution in [0.2, 0.25) is 5.02 Å². The van der Waals surface area contributed by atoms with Crippen molar-refractivity contribution in [3.63, 3.8) is 0 Å². The van der Waals surface area contributed by atoms with Gasteiger partial charge in [-0.25, -0.2) is 0 Å². The molecule has 18 heavy (non-hydrogen) atoms. The molecule has 0 radical (unpaired) electrons. The normalized spacial score (nSPS) is 22.8. The molecule has 3 N–H and O–H groups in total. The maximum atomic E-state index is 11.9. The number of halogens is 1. The molecule has 1 amide bonds. The molecule has 1 saturated heterocycles. The van der Waals surface area contributed by atoms with Gasteiger partial charge in [-0.3, -0.25) is 4.79 Å². The summed E-state index contributed by atoms with van der Waals surface area (Å²) < 4.78 is 5.07. The van der Waals surface area contributed by atoms with Crippen molar-refractivity contribution in [1.82, 2.24) is 5.32 Å². The first-order chi connectivity index (χ1) is 8.60. The zero-order valence-electron chi connectivity index (χ0n) is 9.94. The number of anilines is 1. The van der Waals surface area contributed by atoms with E-state index in [1.165, 1.54) is 7.11 Å². The summed E-state index contributed by atoms with van der Waals surface area (Å²) in [6.07, 6.45) is -0.0307. The van der Waals surface area contributed by atoms with Gasteiger partial charge in [0, 0.05) is 18.3 Å². The van der Waals surface area contributed by atoms with Crippen LogP contribution in [0.25, 0.3) is 0 Å². The maximum Gasteiger partial charge on any atom is 0.241 e. The van der Waals surface area contributed by atoms with Gasteiger partial charge < -0.3 is 20.5 Å². The second kappa shape index (κ2) is 5.56. The Morgan fingerprint density at radius 3 is 3.00 bits per heavy atom. The summed E-state index contributed by atoms with van der Waals surface area (Å²) in [6, 6.07) is 4.66. The lowest BCUT2D eigenvalue weighted by Gasteiger charge is -2.12. The Morgan fingerprint density at radius 2 is 2.39 bits per heavy atom. The number of hydrogen-bond acceptors (Lipinski definition) is 4. The summed E-state index contributed by atoms with van der Waals surface area (Å²) in [5.41, 5.74) is 0.615. The first-order valence-corrected chi connectivity index (χ1v) is 6.04. The number of β-amino-alcohol motifs (C(OH)–C–C–N with tert-alkyl or cyclic N) is 1. The molecular weight excluding hydrogens is 256 g/mol. The van der Waals surface area contributed by atoms with Gasteiger partial charge in [0.25, 0.3) is 0 Å². The zero-order valence-corrected chi connectivity index (χ0v) is 10.7. The van der Waals surface area contributed by atoms with Crippen molar-refractivity contribution < 1.29 is 14.6 Å². The van der Waals surface area contributed by atoms with E-state index in [1.54, 1.807) is 18.2 Å². The second-order valence-corrected chi connectivity index (χ2v) is 4.60. The van der Waals surface area contributed by atoms with Gasteiger partial charge in [0.15, 0.2) is 0 Å². The lowest BCUT2D eigenvalue weighted by Crippen LogP contribution is -2.35. The number of methoxy groups -OCH3 is 1. The molecule has 6 heteroatoms. The summed E-state index contributed by atoms with van der Waals surface area (Å²) in [7, 11) is 1.52. The summed E-state index contributed by atoms with van der Waals surface area (Å²) in [6.45, 7) is 0.446. The van der Waals surface area contributed by atoms with Crippen LogP contribution in [0.1, 0.15) is 6.42 Å². The smallest absolute Gasteiger partial charge is 0.241 e. The number of hydrogen-bond donors (Lipinski definition) is 3. The number of aliphatic hydroxyl groups is 1. The number of aliphatic hydroxyl groups excluding tert-OH is 1. The SMILES string of the molecule is COc1cc(NC(=O)C2CC(O)CN2)ccc1Cl. The van der Waals surface area contributed by atoms with Crippen molar-refractivity contribution in [3.8, 4) is 5.75 Å². The third-order valence-corrected chi connectivity index (χ3v) is 3.16. The Balaban J connectivity index is 2.03. The van der Waals surface area contributed by atoms with E-state index in [0.29, 0.717) is 29.4 Å². The third kappa shape index (κ3) is 2.93. The van der Waals surface area contributed by atoms with Crippen molar-refractivity contribution in [3.05, 3.63) is 23.2 Å². The first kappa shape index (κ1) is 13.1. The molecule has 1 fully saturated rings. The Kier molecular flexibility index (Phi) is 4.06. The fourth-order valence-electron chi connectivity index (χ4n) is 1.88. The Labute approximate surface area is 110 Å². The van der Waals surface area contributed by atoms with Crippen LogP contribution in [-0.4, -0.2) is 36.8 Å². The molecule has 2 rings (SSSR count). The number of benzene rings is 1. The fraction of sp³-hybridized carbons (Fsp3) is 0.417. The molecule has 0 spiro atoms. The van der Waals surface area contributed by atoms with Gasteiger partial charge in [-0.05, 0) is 18.6 Å². The maximum absolute atomic E-state index is 11.9. The van der Waals surface area contributed by atoms with E-state index in [1.807, 2.05) is 0 Å². The summed E-state index contributed by atoms with van der Waals surface area (Å²) in [5.74, 6) is 0.338. The van der Waals surface area contributed by atoms with E-state index in [2.05, 4.69) is 10.6 Å². The molecule has 0 aromatic heterocycles. The molecule has 0 saturated carbocycles. The highest BCUT2D eigenvalue weighted by Crippen LogP contribution is 2.27. The Morgan fingerprint density at radius 1 is 1.61 bits per heavy atom. The van der Waals surface area contributed by atoms with Crippen molar-refractivity contribution in [2.75, 3.05) is 19.0 Å². The number of carbonyl (C=O) groups is 1. The molecule has 98 valence electrons. The monoisotopic (exact) mass is 270 g/mol. The van der Waals surface area contributed by atoms with Crippen LogP contribution in [-0.2, 0) is 4.79 Å². The number of amides is 1. The van der Waals surface area contributed by atoms with Crippen LogP contribution in [0.15, 0.2) is 18.2 Å². The highest BCUT2D eigenvalue weighted by Gasteiger charge is 2.28. The summed E-state index contributed by atoms with van der Waals surface area (Å²) in [5, 5.41) is 15.5. The zero-order chi connectivity index (χ0) is 13.1. The quantitative estimate of drug-likeness (QED) is 0.767. The molecule has 0 bridgehead atoms. The minimum atomic E-state index is -0.458. The molecule has 1 aromatic carbocycles. The van der Waals surface area contributed by atoms with Gasteiger partial charge in [0.1, 0.15) is 5.75 Å². The van der Waals surface area contributed by atoms with Gasteiger partial charge in [0.2, 0.25) is 5.91 Å². The average molecular weight is 271 g/mol. The minimum Gasteiger partial charge on any atom is -0.495 e. The predicted molar refractivity (Wildman–Crippen MR) is 69.0 cm³/mol. The minimum absolute atomic E-state index is 0.170. The number of nitrogens with one attached hydrogen (secondary N) is 2. The number of carbonyl (C=O) groups excluding carboxylic acids is 1. The molecule has 5 nitrogen and oxygen atoms in total. The van der Waals surface area contributed by atoms with Crippen LogP contribution < -0.4 is 15.4 Å². The van der Waals surface area contributed by atoms with Crippen LogP contribution in [0.5, 0.6) is 5.75 Å². The van der Waals surface area contributed by atoms with E-state index in [4.69, 9.17) is 16.3 Å². The third-order valence-electron chi connectivity index (χ3n) is 2.84. The standard InChI is InChI=1S/C12H15ClN2O3/c1-18-11-4-7(2-3-9(11)13)15-12(17)10-5-8(16)6-14-10/h2-4,8,10,14,16H,5-6H2,1H3,(H,15,17). The molecule has 2 atom stereocenters. The van der Waals surface area contributed by atoms with Crippen LogP contribution in [0.4, 0.5) is 5.69 Å². The average Bonchev–Trinajstić information content (AvgIpc) is 2.78. The highest BCUT2D eigenvalue weighted by atomic mass is 35.5. The summed E-state index contributed by atoms with van der Waals surface area (Å²) >= 11 is 5.90. The van der Waals surface area contributed by atoms with Gasteiger partial charge >= 0.3 is 0 Å². The second-order valence-electron chi connectivity index (χ2n) is 4.19. The molecule has 1 aliphatic heterocycles. The van der Waals surface area contributed by atoms with E-state index >= 15 is 0 Å². The lowest BCUT2D eigenvalue weighted by atomic mass is 10.2. The van der Waals surface area contributed by atoms with Gasteiger partial charge in [-0.2, -0.15) is 0 Å². The molecule has 2 unspecified atom stereocenters.